The number of nitro benzene ring substituents is 1. The fraction of sp³-hybridized carbons (Fsp3) is 0.417. The number of benzene rings is 1. The van der Waals surface area contributed by atoms with Crippen LogP contribution in [0.2, 0.25) is 5.02 Å². The fourth-order valence-electron chi connectivity index (χ4n) is 1.58. The molecule has 1 aromatic rings. The maximum Gasteiger partial charge on any atom is 0.316 e. The molecule has 104 valence electrons. The van der Waals surface area contributed by atoms with E-state index in [9.17, 15) is 14.9 Å². The Morgan fingerprint density at radius 2 is 2.16 bits per heavy atom. The second kappa shape index (κ2) is 6.77. The van der Waals surface area contributed by atoms with Gasteiger partial charge in [0.1, 0.15) is 5.25 Å². The predicted octanol–water partition coefficient (Wildman–Crippen LogP) is 3.59. The van der Waals surface area contributed by atoms with Crippen LogP contribution in [0, 0.1) is 16.0 Å². The Hall–Kier alpha value is -1.27. The number of carboxylic acid groups (broad SMARTS) is 1. The summed E-state index contributed by atoms with van der Waals surface area (Å²) in [5.74, 6) is -0.725. The normalized spacial score (nSPS) is 12.4. The summed E-state index contributed by atoms with van der Waals surface area (Å²) in [5.41, 5.74) is 0.402. The van der Waals surface area contributed by atoms with Crippen LogP contribution in [0.1, 0.15) is 19.4 Å². The molecule has 0 aromatic heterocycles. The standard InChI is InChI=1S/C12H14ClNO4S/c1-7(2)11(12(15)16)19-6-8-5-9(13)3-4-10(8)14(17)18/h3-5,7,11H,6H2,1-2H3,(H,15,16). The van der Waals surface area contributed by atoms with Crippen LogP contribution >= 0.6 is 23.4 Å². The third-order valence-corrected chi connectivity index (χ3v) is 4.32. The highest BCUT2D eigenvalue weighted by Gasteiger charge is 2.23. The van der Waals surface area contributed by atoms with E-state index >= 15 is 0 Å². The van der Waals surface area contributed by atoms with Gasteiger partial charge in [0.25, 0.3) is 5.69 Å². The number of aliphatic carboxylic acids is 1. The molecule has 1 atom stereocenters. The summed E-state index contributed by atoms with van der Waals surface area (Å²) in [4.78, 5) is 21.5. The van der Waals surface area contributed by atoms with Crippen molar-refractivity contribution >= 4 is 35.0 Å². The van der Waals surface area contributed by atoms with E-state index in [4.69, 9.17) is 16.7 Å². The Bertz CT molecular complexity index is 493. The number of carbonyl (C=O) groups is 1. The van der Waals surface area contributed by atoms with Crippen LogP contribution < -0.4 is 0 Å². The average molecular weight is 304 g/mol. The van der Waals surface area contributed by atoms with E-state index in [1.807, 2.05) is 0 Å². The molecule has 0 aliphatic rings. The van der Waals surface area contributed by atoms with E-state index in [2.05, 4.69) is 0 Å². The Kier molecular flexibility index (Phi) is 5.62. The van der Waals surface area contributed by atoms with E-state index in [1.165, 1.54) is 30.0 Å². The molecule has 5 nitrogen and oxygen atoms in total. The zero-order chi connectivity index (χ0) is 14.6. The molecule has 0 heterocycles. The smallest absolute Gasteiger partial charge is 0.316 e. The summed E-state index contributed by atoms with van der Waals surface area (Å²) in [6.07, 6.45) is 0. The van der Waals surface area contributed by atoms with Gasteiger partial charge in [-0.05, 0) is 18.1 Å². The lowest BCUT2D eigenvalue weighted by Crippen LogP contribution is -2.22. The topological polar surface area (TPSA) is 80.4 Å². The first-order valence-electron chi connectivity index (χ1n) is 5.60. The van der Waals surface area contributed by atoms with Gasteiger partial charge in [-0.1, -0.05) is 25.4 Å². The van der Waals surface area contributed by atoms with E-state index in [-0.39, 0.29) is 17.4 Å². The van der Waals surface area contributed by atoms with Crippen molar-refractivity contribution in [2.24, 2.45) is 5.92 Å². The SMILES string of the molecule is CC(C)C(SCc1cc(Cl)ccc1[N+](=O)[O-])C(=O)O. The molecule has 0 aliphatic carbocycles. The van der Waals surface area contributed by atoms with E-state index < -0.39 is 16.1 Å². The number of thioether (sulfide) groups is 1. The van der Waals surface area contributed by atoms with Crippen LogP contribution in [-0.2, 0) is 10.5 Å². The van der Waals surface area contributed by atoms with Crippen LogP contribution in [0.4, 0.5) is 5.69 Å². The van der Waals surface area contributed by atoms with Crippen molar-refractivity contribution in [2.75, 3.05) is 0 Å². The van der Waals surface area contributed by atoms with Crippen LogP contribution in [-0.4, -0.2) is 21.2 Å². The molecule has 1 aromatic carbocycles. The van der Waals surface area contributed by atoms with Crippen molar-refractivity contribution in [1.29, 1.82) is 0 Å². The van der Waals surface area contributed by atoms with Crippen LogP contribution in [0.25, 0.3) is 0 Å². The molecule has 0 fully saturated rings. The van der Waals surface area contributed by atoms with Crippen LogP contribution in [0.5, 0.6) is 0 Å². The molecule has 1 N–H and O–H groups in total. The van der Waals surface area contributed by atoms with Gasteiger partial charge >= 0.3 is 5.97 Å². The first kappa shape index (κ1) is 15.8. The molecule has 19 heavy (non-hydrogen) atoms. The quantitative estimate of drug-likeness (QED) is 0.641. The van der Waals surface area contributed by atoms with Crippen molar-refractivity contribution < 1.29 is 14.8 Å². The van der Waals surface area contributed by atoms with Gasteiger partial charge in [0.2, 0.25) is 0 Å². The Labute approximate surface area is 120 Å². The zero-order valence-corrected chi connectivity index (χ0v) is 12.1. The van der Waals surface area contributed by atoms with Gasteiger partial charge in [-0.25, -0.2) is 0 Å². The second-order valence-corrected chi connectivity index (χ2v) is 5.91. The summed E-state index contributed by atoms with van der Waals surface area (Å²) in [6.45, 7) is 3.61. The van der Waals surface area contributed by atoms with Crippen molar-refractivity contribution in [3.05, 3.63) is 38.9 Å². The van der Waals surface area contributed by atoms with E-state index in [0.29, 0.717) is 10.6 Å². The van der Waals surface area contributed by atoms with E-state index in [1.54, 1.807) is 13.8 Å². The minimum atomic E-state index is -0.912. The predicted molar refractivity (Wildman–Crippen MR) is 75.7 cm³/mol. The molecule has 0 aliphatic heterocycles. The number of hydrogen-bond acceptors (Lipinski definition) is 4. The van der Waals surface area contributed by atoms with Crippen molar-refractivity contribution in [1.82, 2.24) is 0 Å². The molecular weight excluding hydrogens is 290 g/mol. The Balaban J connectivity index is 2.90. The van der Waals surface area contributed by atoms with Crippen molar-refractivity contribution in [3.8, 4) is 0 Å². The summed E-state index contributed by atoms with van der Waals surface area (Å²) in [7, 11) is 0. The Morgan fingerprint density at radius 3 is 2.63 bits per heavy atom. The molecule has 0 radical (unpaired) electrons. The lowest BCUT2D eigenvalue weighted by molar-refractivity contribution is -0.385. The molecule has 0 bridgehead atoms. The number of halogens is 1. The van der Waals surface area contributed by atoms with Gasteiger partial charge in [0.05, 0.1) is 4.92 Å². The molecule has 0 amide bonds. The molecule has 0 spiro atoms. The van der Waals surface area contributed by atoms with Crippen molar-refractivity contribution in [2.45, 2.75) is 24.9 Å². The number of nitrogens with zero attached hydrogens (tertiary/aromatic N) is 1. The largest absolute Gasteiger partial charge is 0.480 e. The van der Waals surface area contributed by atoms with Gasteiger partial charge in [-0.3, -0.25) is 14.9 Å². The van der Waals surface area contributed by atoms with Gasteiger partial charge in [-0.2, -0.15) is 0 Å². The highest BCUT2D eigenvalue weighted by atomic mass is 35.5. The third-order valence-electron chi connectivity index (χ3n) is 2.51. The number of hydrogen-bond donors (Lipinski definition) is 1. The summed E-state index contributed by atoms with van der Waals surface area (Å²) in [5, 5.41) is 19.8. The molecular formula is C12H14ClNO4S. The molecule has 0 saturated heterocycles. The van der Waals surface area contributed by atoms with Crippen LogP contribution in [0.15, 0.2) is 18.2 Å². The first-order valence-corrected chi connectivity index (χ1v) is 7.02. The van der Waals surface area contributed by atoms with Gasteiger partial charge in [0.15, 0.2) is 0 Å². The number of rotatable bonds is 6. The second-order valence-electron chi connectivity index (χ2n) is 4.34. The van der Waals surface area contributed by atoms with E-state index in [0.717, 1.165) is 0 Å². The lowest BCUT2D eigenvalue weighted by atomic mass is 10.1. The highest BCUT2D eigenvalue weighted by Crippen LogP contribution is 2.30. The first-order chi connectivity index (χ1) is 8.82. The number of carboxylic acids is 1. The third kappa shape index (κ3) is 4.40. The zero-order valence-electron chi connectivity index (χ0n) is 10.5. The maximum atomic E-state index is 11.1. The lowest BCUT2D eigenvalue weighted by Gasteiger charge is -2.15. The molecule has 1 rings (SSSR count). The monoisotopic (exact) mass is 303 g/mol. The molecule has 0 saturated carbocycles. The highest BCUT2D eigenvalue weighted by molar-refractivity contribution is 7.99. The summed E-state index contributed by atoms with van der Waals surface area (Å²) < 4.78 is 0. The molecule has 7 heteroatoms. The average Bonchev–Trinajstić information content (AvgIpc) is 2.27. The molecule has 1 unspecified atom stereocenters. The van der Waals surface area contributed by atoms with Crippen LogP contribution in [0.3, 0.4) is 0 Å². The van der Waals surface area contributed by atoms with Gasteiger partial charge < -0.3 is 5.11 Å². The van der Waals surface area contributed by atoms with Gasteiger partial charge in [-0.15, -0.1) is 11.8 Å². The number of nitro groups is 1. The van der Waals surface area contributed by atoms with Crippen molar-refractivity contribution in [3.63, 3.8) is 0 Å². The minimum absolute atomic E-state index is 0.0372. The Morgan fingerprint density at radius 1 is 1.53 bits per heavy atom. The van der Waals surface area contributed by atoms with Gasteiger partial charge in [0, 0.05) is 22.4 Å². The summed E-state index contributed by atoms with van der Waals surface area (Å²) >= 11 is 6.98. The summed E-state index contributed by atoms with van der Waals surface area (Å²) in [6, 6.07) is 4.29. The maximum absolute atomic E-state index is 11.1. The fourth-order valence-corrected chi connectivity index (χ4v) is 2.89. The minimum Gasteiger partial charge on any atom is -0.480 e.